The fourth-order valence-electron chi connectivity index (χ4n) is 2.36. The van der Waals surface area contributed by atoms with Crippen molar-refractivity contribution < 1.29 is 4.39 Å². The van der Waals surface area contributed by atoms with Gasteiger partial charge in [0.2, 0.25) is 0 Å². The molecule has 0 aliphatic rings. The second-order valence-corrected chi connectivity index (χ2v) is 5.30. The van der Waals surface area contributed by atoms with Crippen LogP contribution in [0.2, 0.25) is 0 Å². The third-order valence-electron chi connectivity index (χ3n) is 3.85. The number of halogens is 1. The van der Waals surface area contributed by atoms with E-state index >= 15 is 0 Å². The van der Waals surface area contributed by atoms with E-state index in [1.54, 1.807) is 0 Å². The standard InChI is InChI=1S/C16H27FN2/c1-5-6-13(2)19(4)12-11-16(18-3)14-7-9-15(17)10-8-14/h7-10,13,16,18H,5-6,11-12H2,1-4H3. The van der Waals surface area contributed by atoms with Crippen LogP contribution in [0.5, 0.6) is 0 Å². The van der Waals surface area contributed by atoms with Crippen LogP contribution in [-0.4, -0.2) is 31.6 Å². The SMILES string of the molecule is CCCC(C)N(C)CCC(NC)c1ccc(F)cc1. The van der Waals surface area contributed by atoms with Gasteiger partial charge in [-0.25, -0.2) is 4.39 Å². The van der Waals surface area contributed by atoms with Crippen LogP contribution < -0.4 is 5.32 Å². The Morgan fingerprint density at radius 3 is 2.37 bits per heavy atom. The van der Waals surface area contributed by atoms with Gasteiger partial charge in [0.05, 0.1) is 0 Å². The zero-order chi connectivity index (χ0) is 14.3. The van der Waals surface area contributed by atoms with Crippen molar-refractivity contribution >= 4 is 0 Å². The Kier molecular flexibility index (Phi) is 7.03. The summed E-state index contributed by atoms with van der Waals surface area (Å²) in [7, 11) is 4.14. The summed E-state index contributed by atoms with van der Waals surface area (Å²) in [6, 6.07) is 7.71. The lowest BCUT2D eigenvalue weighted by molar-refractivity contribution is 0.232. The van der Waals surface area contributed by atoms with Gasteiger partial charge in [0.1, 0.15) is 5.82 Å². The summed E-state index contributed by atoms with van der Waals surface area (Å²) >= 11 is 0. The molecule has 1 aromatic carbocycles. The molecular formula is C16H27FN2. The minimum Gasteiger partial charge on any atom is -0.313 e. The van der Waals surface area contributed by atoms with Crippen LogP contribution in [-0.2, 0) is 0 Å². The fraction of sp³-hybridized carbons (Fsp3) is 0.625. The van der Waals surface area contributed by atoms with Gasteiger partial charge in [-0.3, -0.25) is 0 Å². The molecule has 0 aliphatic carbocycles. The van der Waals surface area contributed by atoms with Gasteiger partial charge >= 0.3 is 0 Å². The third kappa shape index (κ3) is 5.29. The van der Waals surface area contributed by atoms with E-state index in [2.05, 4.69) is 31.1 Å². The van der Waals surface area contributed by atoms with Gasteiger partial charge in [0.25, 0.3) is 0 Å². The summed E-state index contributed by atoms with van der Waals surface area (Å²) in [4.78, 5) is 2.40. The average molecular weight is 266 g/mol. The van der Waals surface area contributed by atoms with Crippen LogP contribution in [0.25, 0.3) is 0 Å². The normalized spacial score (nSPS) is 14.6. The van der Waals surface area contributed by atoms with Gasteiger partial charge in [-0.05, 0) is 58.1 Å². The molecule has 19 heavy (non-hydrogen) atoms. The third-order valence-corrected chi connectivity index (χ3v) is 3.85. The zero-order valence-corrected chi connectivity index (χ0v) is 12.6. The molecule has 0 spiro atoms. The van der Waals surface area contributed by atoms with Crippen molar-refractivity contribution in [1.29, 1.82) is 0 Å². The molecule has 0 amide bonds. The first-order chi connectivity index (χ1) is 9.08. The van der Waals surface area contributed by atoms with Crippen LogP contribution >= 0.6 is 0 Å². The Balaban J connectivity index is 2.51. The van der Waals surface area contributed by atoms with Gasteiger partial charge < -0.3 is 10.2 Å². The molecule has 1 aromatic rings. The molecule has 1 N–H and O–H groups in total. The second-order valence-electron chi connectivity index (χ2n) is 5.30. The highest BCUT2D eigenvalue weighted by Crippen LogP contribution is 2.18. The average Bonchev–Trinajstić information content (AvgIpc) is 2.41. The van der Waals surface area contributed by atoms with Gasteiger partial charge in [0, 0.05) is 12.1 Å². The van der Waals surface area contributed by atoms with E-state index in [-0.39, 0.29) is 11.9 Å². The van der Waals surface area contributed by atoms with Gasteiger partial charge in [-0.15, -0.1) is 0 Å². The number of rotatable bonds is 8. The van der Waals surface area contributed by atoms with Gasteiger partial charge in [-0.1, -0.05) is 25.5 Å². The van der Waals surface area contributed by atoms with Crippen LogP contribution in [0.15, 0.2) is 24.3 Å². The van der Waals surface area contributed by atoms with E-state index in [9.17, 15) is 4.39 Å². The predicted molar refractivity (Wildman–Crippen MR) is 79.8 cm³/mol. The van der Waals surface area contributed by atoms with Crippen molar-refractivity contribution in [3.63, 3.8) is 0 Å². The number of hydrogen-bond acceptors (Lipinski definition) is 2. The molecule has 0 radical (unpaired) electrons. The van der Waals surface area contributed by atoms with Crippen molar-refractivity contribution in [2.45, 2.75) is 45.2 Å². The Labute approximate surface area is 117 Å². The topological polar surface area (TPSA) is 15.3 Å². The Bertz CT molecular complexity index is 350. The first kappa shape index (κ1) is 16.1. The second kappa shape index (κ2) is 8.28. The number of benzene rings is 1. The predicted octanol–water partition coefficient (Wildman–Crippen LogP) is 3.60. The van der Waals surface area contributed by atoms with E-state index in [1.165, 1.54) is 25.0 Å². The minimum absolute atomic E-state index is 0.174. The van der Waals surface area contributed by atoms with Crippen molar-refractivity contribution in [3.8, 4) is 0 Å². The maximum atomic E-state index is 12.9. The molecule has 2 nitrogen and oxygen atoms in total. The number of nitrogens with one attached hydrogen (secondary N) is 1. The summed E-state index contributed by atoms with van der Waals surface area (Å²) in [5.41, 5.74) is 1.15. The lowest BCUT2D eigenvalue weighted by Gasteiger charge is -2.26. The van der Waals surface area contributed by atoms with E-state index in [1.807, 2.05) is 19.2 Å². The first-order valence-corrected chi connectivity index (χ1v) is 7.21. The molecule has 0 saturated carbocycles. The molecular weight excluding hydrogens is 239 g/mol. The van der Waals surface area contributed by atoms with Crippen molar-refractivity contribution in [3.05, 3.63) is 35.6 Å². The molecule has 0 aromatic heterocycles. The Morgan fingerprint density at radius 2 is 1.84 bits per heavy atom. The summed E-state index contributed by atoms with van der Waals surface area (Å²) in [6.45, 7) is 5.54. The molecule has 0 saturated heterocycles. The molecule has 0 fully saturated rings. The maximum absolute atomic E-state index is 12.9. The molecule has 1 rings (SSSR count). The molecule has 3 heteroatoms. The Hall–Kier alpha value is -0.930. The van der Waals surface area contributed by atoms with Crippen LogP contribution in [0.1, 0.15) is 44.7 Å². The highest BCUT2D eigenvalue weighted by atomic mass is 19.1. The highest BCUT2D eigenvalue weighted by molar-refractivity contribution is 5.19. The van der Waals surface area contributed by atoms with Crippen molar-refractivity contribution in [1.82, 2.24) is 10.2 Å². The molecule has 2 atom stereocenters. The van der Waals surface area contributed by atoms with Crippen molar-refractivity contribution in [2.24, 2.45) is 0 Å². The first-order valence-electron chi connectivity index (χ1n) is 7.21. The minimum atomic E-state index is -0.174. The molecule has 0 bridgehead atoms. The Morgan fingerprint density at radius 1 is 1.21 bits per heavy atom. The summed E-state index contributed by atoms with van der Waals surface area (Å²) in [6.07, 6.45) is 3.49. The summed E-state index contributed by atoms with van der Waals surface area (Å²) in [5, 5.41) is 3.31. The van der Waals surface area contributed by atoms with E-state index in [0.29, 0.717) is 6.04 Å². The van der Waals surface area contributed by atoms with Gasteiger partial charge in [0.15, 0.2) is 0 Å². The lowest BCUT2D eigenvalue weighted by Crippen LogP contribution is -2.32. The number of nitrogens with zero attached hydrogens (tertiary/aromatic N) is 1. The molecule has 108 valence electrons. The molecule has 0 heterocycles. The smallest absolute Gasteiger partial charge is 0.123 e. The van der Waals surface area contributed by atoms with Gasteiger partial charge in [-0.2, -0.15) is 0 Å². The molecule has 0 aliphatic heterocycles. The zero-order valence-electron chi connectivity index (χ0n) is 12.6. The van der Waals surface area contributed by atoms with E-state index in [4.69, 9.17) is 0 Å². The van der Waals surface area contributed by atoms with Crippen LogP contribution in [0.3, 0.4) is 0 Å². The largest absolute Gasteiger partial charge is 0.313 e. The quantitative estimate of drug-likeness (QED) is 0.773. The van der Waals surface area contributed by atoms with Crippen molar-refractivity contribution in [2.75, 3.05) is 20.6 Å². The molecule has 2 unspecified atom stereocenters. The van der Waals surface area contributed by atoms with E-state index < -0.39 is 0 Å². The van der Waals surface area contributed by atoms with Crippen LogP contribution in [0.4, 0.5) is 4.39 Å². The highest BCUT2D eigenvalue weighted by Gasteiger charge is 2.13. The summed E-state index contributed by atoms with van der Waals surface area (Å²) in [5.74, 6) is -0.174. The maximum Gasteiger partial charge on any atom is 0.123 e. The monoisotopic (exact) mass is 266 g/mol. The van der Waals surface area contributed by atoms with Crippen LogP contribution in [0, 0.1) is 5.82 Å². The number of hydrogen-bond donors (Lipinski definition) is 1. The van der Waals surface area contributed by atoms with E-state index in [0.717, 1.165) is 18.5 Å². The summed E-state index contributed by atoms with van der Waals surface area (Å²) < 4.78 is 12.9. The fourth-order valence-corrected chi connectivity index (χ4v) is 2.36. The lowest BCUT2D eigenvalue weighted by atomic mass is 10.0.